The van der Waals surface area contributed by atoms with Gasteiger partial charge < -0.3 is 14.6 Å². The molecule has 1 atom stereocenters. The second-order valence-corrected chi connectivity index (χ2v) is 8.86. The van der Waals surface area contributed by atoms with Crippen LogP contribution in [0.2, 0.25) is 5.02 Å². The Kier molecular flexibility index (Phi) is 5.75. The number of aromatic nitrogens is 2. The summed E-state index contributed by atoms with van der Waals surface area (Å²) in [5.74, 6) is -0.231. The number of nitrogens with zero attached hydrogens (tertiary/aromatic N) is 2. The quantitative estimate of drug-likeness (QED) is 0.651. The molecule has 7 heteroatoms. The molecule has 4 rings (SSSR count). The van der Waals surface area contributed by atoms with E-state index in [1.807, 2.05) is 25.1 Å². The Morgan fingerprint density at radius 1 is 1.20 bits per heavy atom. The highest BCUT2D eigenvalue weighted by molar-refractivity contribution is 6.31. The van der Waals surface area contributed by atoms with Crippen molar-refractivity contribution >= 4 is 22.6 Å². The zero-order chi connectivity index (χ0) is 21.5. The van der Waals surface area contributed by atoms with Gasteiger partial charge in [0.1, 0.15) is 5.82 Å². The van der Waals surface area contributed by atoms with Crippen LogP contribution in [0.25, 0.3) is 11.0 Å². The molecule has 2 aromatic carbocycles. The van der Waals surface area contributed by atoms with Crippen molar-refractivity contribution in [1.82, 2.24) is 14.5 Å². The molecule has 3 aromatic rings. The summed E-state index contributed by atoms with van der Waals surface area (Å²) in [6.07, 6.45) is 1.62. The first-order valence-corrected chi connectivity index (χ1v) is 10.6. The van der Waals surface area contributed by atoms with Crippen LogP contribution in [0.4, 0.5) is 4.39 Å². The molecule has 1 aliphatic heterocycles. The summed E-state index contributed by atoms with van der Waals surface area (Å²) in [4.78, 5) is 17.3. The third-order valence-electron chi connectivity index (χ3n) is 6.43. The average Bonchev–Trinajstić information content (AvgIpc) is 3.01. The second kappa shape index (κ2) is 8.17. The number of fused-ring (bicyclic) bond motifs is 1. The van der Waals surface area contributed by atoms with Gasteiger partial charge in [0.15, 0.2) is 0 Å². The van der Waals surface area contributed by atoms with Crippen LogP contribution in [-0.2, 0) is 17.2 Å². The Balaban J connectivity index is 1.64. The molecule has 0 aliphatic carbocycles. The van der Waals surface area contributed by atoms with Gasteiger partial charge in [-0.05, 0) is 69.7 Å². The number of halogens is 2. The van der Waals surface area contributed by atoms with Crippen molar-refractivity contribution < 1.29 is 9.13 Å². The van der Waals surface area contributed by atoms with E-state index in [9.17, 15) is 9.18 Å². The highest BCUT2D eigenvalue weighted by Crippen LogP contribution is 2.38. The summed E-state index contributed by atoms with van der Waals surface area (Å²) < 4.78 is 21.5. The molecule has 160 valence electrons. The van der Waals surface area contributed by atoms with Crippen LogP contribution < -0.4 is 5.69 Å². The second-order valence-electron chi connectivity index (χ2n) is 8.42. The Hall–Kier alpha value is -2.15. The number of hydrogen-bond donors (Lipinski definition) is 1. The van der Waals surface area contributed by atoms with Crippen LogP contribution in [0, 0.1) is 5.82 Å². The van der Waals surface area contributed by atoms with Crippen molar-refractivity contribution in [3.05, 3.63) is 68.8 Å². The molecule has 1 N–H and O–H groups in total. The lowest BCUT2D eigenvalue weighted by Crippen LogP contribution is -2.44. The monoisotopic (exact) mass is 431 g/mol. The summed E-state index contributed by atoms with van der Waals surface area (Å²) in [6.45, 7) is 4.42. The van der Waals surface area contributed by atoms with E-state index < -0.39 is 0 Å². The molecule has 0 bridgehead atoms. The molecule has 1 fully saturated rings. The first kappa shape index (κ1) is 21.1. The fraction of sp³-hybridized carbons (Fsp3) is 0.435. The molecule has 30 heavy (non-hydrogen) atoms. The van der Waals surface area contributed by atoms with Crippen LogP contribution in [0.3, 0.4) is 0 Å². The van der Waals surface area contributed by atoms with E-state index in [4.69, 9.17) is 16.3 Å². The fourth-order valence-corrected chi connectivity index (χ4v) is 4.67. The average molecular weight is 432 g/mol. The number of likely N-dealkylation sites (tertiary alicyclic amines) is 1. The molecule has 1 aliphatic rings. The topological polar surface area (TPSA) is 50.3 Å². The predicted molar refractivity (Wildman–Crippen MR) is 118 cm³/mol. The molecular weight excluding hydrogens is 405 g/mol. The van der Waals surface area contributed by atoms with E-state index in [0.717, 1.165) is 42.6 Å². The summed E-state index contributed by atoms with van der Waals surface area (Å²) >= 11 is 6.30. The maximum atomic E-state index is 13.5. The molecular formula is C23H27ClFN3O2. The van der Waals surface area contributed by atoms with Gasteiger partial charge >= 0.3 is 5.69 Å². The Morgan fingerprint density at radius 3 is 2.53 bits per heavy atom. The molecule has 0 amide bonds. The standard InChI is InChI=1S/C23H27ClFN3O2/c1-15(19-12-17(24)13-20-21(19)28(3)22(29)26-20)30-14-23(8-10-27(2)11-9-23)16-4-6-18(25)7-5-16/h4-7,12-13,15H,8-11,14H2,1-3H3,(H,26,29). The summed E-state index contributed by atoms with van der Waals surface area (Å²) in [5, 5.41) is 0.558. The van der Waals surface area contributed by atoms with E-state index in [2.05, 4.69) is 16.9 Å². The van der Waals surface area contributed by atoms with Gasteiger partial charge in [-0.2, -0.15) is 0 Å². The molecule has 1 aromatic heterocycles. The lowest BCUT2D eigenvalue weighted by molar-refractivity contribution is 0.00691. The Labute approximate surface area is 180 Å². The molecule has 0 saturated carbocycles. The fourth-order valence-electron chi connectivity index (χ4n) is 4.44. The number of aromatic amines is 1. The third kappa shape index (κ3) is 3.92. The lowest BCUT2D eigenvalue weighted by Gasteiger charge is -2.41. The molecule has 0 spiro atoms. The maximum absolute atomic E-state index is 13.5. The van der Waals surface area contributed by atoms with Gasteiger partial charge in [0, 0.05) is 23.0 Å². The third-order valence-corrected chi connectivity index (χ3v) is 6.65. The number of hydrogen-bond acceptors (Lipinski definition) is 3. The van der Waals surface area contributed by atoms with Crippen molar-refractivity contribution in [2.45, 2.75) is 31.3 Å². The maximum Gasteiger partial charge on any atom is 0.326 e. The number of benzene rings is 2. The predicted octanol–water partition coefficient (Wildman–Crippen LogP) is 4.40. The number of rotatable bonds is 5. The van der Waals surface area contributed by atoms with Crippen molar-refractivity contribution in [3.8, 4) is 0 Å². The molecule has 5 nitrogen and oxygen atoms in total. The summed E-state index contributed by atoms with van der Waals surface area (Å²) in [7, 11) is 3.86. The minimum atomic E-state index is -0.260. The van der Waals surface area contributed by atoms with Crippen LogP contribution in [0.5, 0.6) is 0 Å². The number of imidazole rings is 1. The number of H-pyrrole nitrogens is 1. The largest absolute Gasteiger partial charge is 0.373 e. The van der Waals surface area contributed by atoms with E-state index in [1.165, 1.54) is 12.1 Å². The van der Waals surface area contributed by atoms with Crippen molar-refractivity contribution in [3.63, 3.8) is 0 Å². The number of nitrogens with one attached hydrogen (secondary N) is 1. The highest BCUT2D eigenvalue weighted by Gasteiger charge is 2.36. The van der Waals surface area contributed by atoms with Crippen molar-refractivity contribution in [1.29, 1.82) is 0 Å². The number of aryl methyl sites for hydroxylation is 1. The number of piperidine rings is 1. The summed E-state index contributed by atoms with van der Waals surface area (Å²) in [5.41, 5.74) is 3.13. The van der Waals surface area contributed by atoms with Gasteiger partial charge in [0.05, 0.1) is 23.7 Å². The zero-order valence-electron chi connectivity index (χ0n) is 17.5. The smallest absolute Gasteiger partial charge is 0.326 e. The first-order valence-electron chi connectivity index (χ1n) is 10.2. The number of ether oxygens (including phenoxy) is 1. The van der Waals surface area contributed by atoms with Gasteiger partial charge in [0.25, 0.3) is 0 Å². The van der Waals surface area contributed by atoms with Gasteiger partial charge in [-0.3, -0.25) is 4.57 Å². The van der Waals surface area contributed by atoms with Gasteiger partial charge in [0.2, 0.25) is 0 Å². The molecule has 1 unspecified atom stereocenters. The van der Waals surface area contributed by atoms with Crippen molar-refractivity contribution in [2.75, 3.05) is 26.7 Å². The lowest BCUT2D eigenvalue weighted by atomic mass is 9.73. The van der Waals surface area contributed by atoms with Crippen molar-refractivity contribution in [2.24, 2.45) is 7.05 Å². The Morgan fingerprint density at radius 2 is 1.87 bits per heavy atom. The van der Waals surface area contributed by atoms with Crippen LogP contribution in [0.1, 0.15) is 37.0 Å². The minimum Gasteiger partial charge on any atom is -0.373 e. The first-order chi connectivity index (χ1) is 14.3. The van der Waals surface area contributed by atoms with Gasteiger partial charge in [-0.15, -0.1) is 0 Å². The summed E-state index contributed by atoms with van der Waals surface area (Å²) in [6, 6.07) is 10.4. The normalized spacial score (nSPS) is 18.0. The van der Waals surface area contributed by atoms with Gasteiger partial charge in [-0.1, -0.05) is 23.7 Å². The van der Waals surface area contributed by atoms with E-state index in [-0.39, 0.29) is 23.0 Å². The molecule has 1 saturated heterocycles. The highest BCUT2D eigenvalue weighted by atomic mass is 35.5. The van der Waals surface area contributed by atoms with Gasteiger partial charge in [-0.25, -0.2) is 9.18 Å². The van der Waals surface area contributed by atoms with Crippen LogP contribution >= 0.6 is 11.6 Å². The molecule has 2 heterocycles. The van der Waals surface area contributed by atoms with E-state index >= 15 is 0 Å². The van der Waals surface area contributed by atoms with E-state index in [1.54, 1.807) is 17.7 Å². The zero-order valence-corrected chi connectivity index (χ0v) is 18.3. The minimum absolute atomic E-state index is 0.170. The van der Waals surface area contributed by atoms with Crippen LogP contribution in [0.15, 0.2) is 41.2 Å². The SMILES string of the molecule is CC(OCC1(c2ccc(F)cc2)CCN(C)CC1)c1cc(Cl)cc2[nH]c(=O)n(C)c12. The molecule has 0 radical (unpaired) electrons. The van der Waals surface area contributed by atoms with E-state index in [0.29, 0.717) is 17.1 Å². The Bertz CT molecular complexity index is 1100. The van der Waals surface area contributed by atoms with Crippen LogP contribution in [-0.4, -0.2) is 41.2 Å².